The lowest BCUT2D eigenvalue weighted by molar-refractivity contribution is 0.0954. The van der Waals surface area contributed by atoms with E-state index in [2.05, 4.69) is 10.4 Å². The van der Waals surface area contributed by atoms with Gasteiger partial charge in [-0.3, -0.25) is 9.48 Å². The van der Waals surface area contributed by atoms with Crippen LogP contribution in [0.2, 0.25) is 0 Å². The van der Waals surface area contributed by atoms with Crippen molar-refractivity contribution in [3.8, 4) is 0 Å². The molecule has 0 aliphatic rings. The van der Waals surface area contributed by atoms with E-state index in [1.165, 1.54) is 0 Å². The normalized spacial score (nSPS) is 10.1. The number of nitrogens with two attached hydrogens (primary N) is 1. The van der Waals surface area contributed by atoms with Gasteiger partial charge in [0, 0.05) is 26.3 Å². The van der Waals surface area contributed by atoms with Crippen LogP contribution in [0.5, 0.6) is 0 Å². The Kier molecular flexibility index (Phi) is 3.02. The smallest absolute Gasteiger partial charge is 0.254 e. The Labute approximate surface area is 76.9 Å². The molecule has 0 saturated heterocycles. The fraction of sp³-hybridized carbons (Fsp3) is 0.500. The number of carbonyl (C=O) groups is 1. The van der Waals surface area contributed by atoms with Crippen molar-refractivity contribution in [3.05, 3.63) is 17.5 Å². The lowest BCUT2D eigenvalue weighted by atomic mass is 10.2. The zero-order valence-electron chi connectivity index (χ0n) is 7.87. The summed E-state index contributed by atoms with van der Waals surface area (Å²) >= 11 is 0. The van der Waals surface area contributed by atoms with E-state index in [4.69, 9.17) is 5.73 Å². The van der Waals surface area contributed by atoms with Crippen LogP contribution >= 0.6 is 0 Å². The van der Waals surface area contributed by atoms with Crippen molar-refractivity contribution < 1.29 is 4.79 Å². The van der Waals surface area contributed by atoms with Crippen LogP contribution in [0.25, 0.3) is 0 Å². The highest BCUT2D eigenvalue weighted by molar-refractivity contribution is 5.94. The zero-order valence-corrected chi connectivity index (χ0v) is 7.87. The highest BCUT2D eigenvalue weighted by Gasteiger charge is 2.10. The number of nitrogens with one attached hydrogen (secondary N) is 1. The minimum atomic E-state index is -0.115. The van der Waals surface area contributed by atoms with Gasteiger partial charge in [0.1, 0.15) is 0 Å². The molecule has 13 heavy (non-hydrogen) atoms. The molecule has 0 atom stereocenters. The number of amides is 1. The minimum absolute atomic E-state index is 0.115. The Bertz CT molecular complexity index is 305. The van der Waals surface area contributed by atoms with E-state index >= 15 is 0 Å². The monoisotopic (exact) mass is 182 g/mol. The molecule has 72 valence electrons. The first-order valence-corrected chi connectivity index (χ1v) is 4.13. The third-order valence-electron chi connectivity index (χ3n) is 1.69. The summed E-state index contributed by atoms with van der Waals surface area (Å²) in [5.74, 6) is -0.115. The summed E-state index contributed by atoms with van der Waals surface area (Å²) in [6.07, 6.45) is 1.70. The molecule has 1 aromatic heterocycles. The van der Waals surface area contributed by atoms with Gasteiger partial charge in [-0.25, -0.2) is 0 Å². The molecule has 0 aliphatic heterocycles. The number of hydrogen-bond acceptors (Lipinski definition) is 3. The summed E-state index contributed by atoms with van der Waals surface area (Å²) in [4.78, 5) is 11.4. The van der Waals surface area contributed by atoms with Gasteiger partial charge in [-0.2, -0.15) is 5.10 Å². The number of carbonyl (C=O) groups excluding carboxylic acids is 1. The first kappa shape index (κ1) is 9.73. The second-order valence-corrected chi connectivity index (χ2v) is 2.85. The van der Waals surface area contributed by atoms with Crippen LogP contribution in [-0.2, 0) is 7.05 Å². The molecule has 1 amide bonds. The fourth-order valence-electron chi connectivity index (χ4n) is 1.10. The van der Waals surface area contributed by atoms with E-state index in [-0.39, 0.29) is 5.91 Å². The van der Waals surface area contributed by atoms with Crippen LogP contribution in [-0.4, -0.2) is 28.8 Å². The Morgan fingerprint density at radius 2 is 2.46 bits per heavy atom. The van der Waals surface area contributed by atoms with E-state index in [9.17, 15) is 4.79 Å². The molecule has 1 heterocycles. The SMILES string of the molecule is Cc1nn(C)cc1C(=O)NCCN. The van der Waals surface area contributed by atoms with Gasteiger partial charge in [0.25, 0.3) is 5.91 Å². The quantitative estimate of drug-likeness (QED) is 0.656. The maximum Gasteiger partial charge on any atom is 0.254 e. The van der Waals surface area contributed by atoms with E-state index < -0.39 is 0 Å². The van der Waals surface area contributed by atoms with Crippen molar-refractivity contribution in [1.29, 1.82) is 0 Å². The molecule has 0 spiro atoms. The first-order chi connectivity index (χ1) is 6.15. The molecule has 0 aliphatic carbocycles. The zero-order chi connectivity index (χ0) is 9.84. The summed E-state index contributed by atoms with van der Waals surface area (Å²) in [7, 11) is 1.78. The molecule has 5 nitrogen and oxygen atoms in total. The molecule has 5 heteroatoms. The van der Waals surface area contributed by atoms with Crippen LogP contribution < -0.4 is 11.1 Å². The Balaban J connectivity index is 2.70. The topological polar surface area (TPSA) is 72.9 Å². The van der Waals surface area contributed by atoms with Gasteiger partial charge in [-0.05, 0) is 6.92 Å². The van der Waals surface area contributed by atoms with Gasteiger partial charge in [-0.1, -0.05) is 0 Å². The Hall–Kier alpha value is -1.36. The average Bonchev–Trinajstić information content (AvgIpc) is 2.41. The van der Waals surface area contributed by atoms with Gasteiger partial charge in [-0.15, -0.1) is 0 Å². The fourth-order valence-corrected chi connectivity index (χ4v) is 1.10. The molecule has 0 aromatic carbocycles. The van der Waals surface area contributed by atoms with Crippen LogP contribution in [0, 0.1) is 6.92 Å². The number of aromatic nitrogens is 2. The van der Waals surface area contributed by atoms with Crippen molar-refractivity contribution in [2.75, 3.05) is 13.1 Å². The summed E-state index contributed by atoms with van der Waals surface area (Å²) < 4.78 is 1.62. The third-order valence-corrected chi connectivity index (χ3v) is 1.69. The maximum atomic E-state index is 11.4. The summed E-state index contributed by atoms with van der Waals surface area (Å²) in [5.41, 5.74) is 6.60. The van der Waals surface area contributed by atoms with Crippen LogP contribution in [0.15, 0.2) is 6.20 Å². The molecular weight excluding hydrogens is 168 g/mol. The van der Waals surface area contributed by atoms with Gasteiger partial charge in [0.2, 0.25) is 0 Å². The Morgan fingerprint density at radius 1 is 1.77 bits per heavy atom. The van der Waals surface area contributed by atoms with Gasteiger partial charge < -0.3 is 11.1 Å². The van der Waals surface area contributed by atoms with Crippen molar-refractivity contribution in [2.24, 2.45) is 12.8 Å². The average molecular weight is 182 g/mol. The van der Waals surface area contributed by atoms with E-state index in [1.54, 1.807) is 24.9 Å². The second kappa shape index (κ2) is 4.04. The molecule has 0 saturated carbocycles. The highest BCUT2D eigenvalue weighted by Crippen LogP contribution is 2.03. The van der Waals surface area contributed by atoms with Crippen molar-refractivity contribution in [3.63, 3.8) is 0 Å². The van der Waals surface area contributed by atoms with Crippen LogP contribution in [0.1, 0.15) is 16.1 Å². The predicted molar refractivity (Wildman–Crippen MR) is 49.3 cm³/mol. The van der Waals surface area contributed by atoms with Gasteiger partial charge >= 0.3 is 0 Å². The molecule has 1 aromatic rings. The van der Waals surface area contributed by atoms with Crippen molar-refractivity contribution in [2.45, 2.75) is 6.92 Å². The van der Waals surface area contributed by atoms with Crippen molar-refractivity contribution in [1.82, 2.24) is 15.1 Å². The lowest BCUT2D eigenvalue weighted by Crippen LogP contribution is -2.29. The Morgan fingerprint density at radius 3 is 2.92 bits per heavy atom. The predicted octanol–water partition coefficient (Wildman–Crippen LogP) is -0.583. The van der Waals surface area contributed by atoms with Crippen LogP contribution in [0.3, 0.4) is 0 Å². The molecule has 1 rings (SSSR count). The maximum absolute atomic E-state index is 11.4. The molecule has 3 N–H and O–H groups in total. The molecule has 0 bridgehead atoms. The molecule has 0 unspecified atom stereocenters. The number of nitrogens with zero attached hydrogens (tertiary/aromatic N) is 2. The number of aryl methyl sites for hydroxylation is 2. The third kappa shape index (κ3) is 2.29. The molecular formula is C8H14N4O. The minimum Gasteiger partial charge on any atom is -0.351 e. The van der Waals surface area contributed by atoms with Crippen LogP contribution in [0.4, 0.5) is 0 Å². The summed E-state index contributed by atoms with van der Waals surface area (Å²) in [6.45, 7) is 2.75. The first-order valence-electron chi connectivity index (χ1n) is 4.13. The van der Waals surface area contributed by atoms with Crippen molar-refractivity contribution >= 4 is 5.91 Å². The second-order valence-electron chi connectivity index (χ2n) is 2.85. The molecule has 0 fully saturated rings. The largest absolute Gasteiger partial charge is 0.351 e. The number of rotatable bonds is 3. The van der Waals surface area contributed by atoms with E-state index in [1.807, 2.05) is 0 Å². The summed E-state index contributed by atoms with van der Waals surface area (Å²) in [5, 5.41) is 6.75. The summed E-state index contributed by atoms with van der Waals surface area (Å²) in [6, 6.07) is 0. The van der Waals surface area contributed by atoms with Gasteiger partial charge in [0.15, 0.2) is 0 Å². The van der Waals surface area contributed by atoms with Gasteiger partial charge in [0.05, 0.1) is 11.3 Å². The van der Waals surface area contributed by atoms with E-state index in [0.717, 1.165) is 5.69 Å². The lowest BCUT2D eigenvalue weighted by Gasteiger charge is -2.00. The standard InChI is InChI=1S/C8H14N4O/c1-6-7(5-12(2)11-6)8(13)10-4-3-9/h5H,3-4,9H2,1-2H3,(H,10,13). The van der Waals surface area contributed by atoms with E-state index in [0.29, 0.717) is 18.7 Å². The highest BCUT2D eigenvalue weighted by atomic mass is 16.1. The molecule has 0 radical (unpaired) electrons. The number of hydrogen-bond donors (Lipinski definition) is 2.